The van der Waals surface area contributed by atoms with E-state index < -0.39 is 6.29 Å². The molecule has 1 saturated carbocycles. The fourth-order valence-corrected chi connectivity index (χ4v) is 4.58. The number of aliphatic hydroxyl groups excluding tert-OH is 1. The molecule has 26 heavy (non-hydrogen) atoms. The lowest BCUT2D eigenvalue weighted by Gasteiger charge is -2.39. The number of nitrogens with zero attached hydrogens (tertiary/aromatic N) is 1. The Morgan fingerprint density at radius 1 is 1.19 bits per heavy atom. The molecule has 0 amide bonds. The van der Waals surface area contributed by atoms with E-state index in [1.54, 1.807) is 0 Å². The first-order chi connectivity index (χ1) is 12.4. The molecular formula is C22H35NO3. The second-order valence-corrected chi connectivity index (χ2v) is 8.67. The average molecular weight is 362 g/mol. The van der Waals surface area contributed by atoms with Crippen LogP contribution in [-0.4, -0.2) is 37.4 Å². The number of aliphatic hydroxyl groups is 1. The van der Waals surface area contributed by atoms with Gasteiger partial charge in [0.25, 0.3) is 0 Å². The summed E-state index contributed by atoms with van der Waals surface area (Å²) < 4.78 is 12.3. The Balaban J connectivity index is 1.65. The quantitative estimate of drug-likeness (QED) is 0.821. The summed E-state index contributed by atoms with van der Waals surface area (Å²) in [5.41, 5.74) is 1.18. The lowest BCUT2D eigenvalue weighted by atomic mass is 9.75. The molecule has 3 rings (SSSR count). The van der Waals surface area contributed by atoms with Gasteiger partial charge in [0, 0.05) is 31.6 Å². The van der Waals surface area contributed by atoms with Gasteiger partial charge in [-0.05, 0) is 42.7 Å². The second kappa shape index (κ2) is 8.73. The van der Waals surface area contributed by atoms with E-state index >= 15 is 0 Å². The maximum atomic E-state index is 10.1. The standard InChI is InChI=1S/C22H35NO3/c1-15(2)19-11-10-16(3)12-20(19)25-22-17(13-21(24)26-22)14-23(4)18-8-6-5-7-9-18/h5-9,15-17,19-22,24H,10-14H2,1-4H3/t16?,17?,19-,20+,21?,22+/m0/s1. The molecule has 2 aliphatic rings. The minimum atomic E-state index is -0.715. The Hall–Kier alpha value is -1.10. The highest BCUT2D eigenvalue weighted by Gasteiger charge is 2.40. The van der Waals surface area contributed by atoms with Gasteiger partial charge in [0.2, 0.25) is 0 Å². The fourth-order valence-electron chi connectivity index (χ4n) is 4.58. The number of ether oxygens (including phenoxy) is 2. The Morgan fingerprint density at radius 3 is 2.62 bits per heavy atom. The molecule has 3 unspecified atom stereocenters. The fraction of sp³-hybridized carbons (Fsp3) is 0.727. The SMILES string of the molecule is CC1CC[C@@H](C(C)C)[C@H](O[C@@H]2OC(O)CC2CN(C)c2ccccc2)C1. The molecule has 4 heteroatoms. The van der Waals surface area contributed by atoms with E-state index in [2.05, 4.69) is 57.0 Å². The van der Waals surface area contributed by atoms with Crippen molar-refractivity contribution in [2.75, 3.05) is 18.5 Å². The van der Waals surface area contributed by atoms with Gasteiger partial charge in [-0.15, -0.1) is 0 Å². The maximum absolute atomic E-state index is 10.1. The summed E-state index contributed by atoms with van der Waals surface area (Å²) in [6.45, 7) is 7.72. The third-order valence-electron chi connectivity index (χ3n) is 6.16. The molecule has 1 N–H and O–H groups in total. The predicted molar refractivity (Wildman–Crippen MR) is 105 cm³/mol. The monoisotopic (exact) mass is 361 g/mol. The van der Waals surface area contributed by atoms with Crippen LogP contribution >= 0.6 is 0 Å². The number of hydrogen-bond donors (Lipinski definition) is 1. The van der Waals surface area contributed by atoms with Gasteiger partial charge in [0.05, 0.1) is 6.10 Å². The van der Waals surface area contributed by atoms with Crippen LogP contribution in [-0.2, 0) is 9.47 Å². The molecule has 4 nitrogen and oxygen atoms in total. The van der Waals surface area contributed by atoms with Gasteiger partial charge in [-0.1, -0.05) is 45.4 Å². The molecule has 0 spiro atoms. The van der Waals surface area contributed by atoms with Crippen LogP contribution in [0.5, 0.6) is 0 Å². The minimum Gasteiger partial charge on any atom is -0.374 e. The predicted octanol–water partition coefficient (Wildman–Crippen LogP) is 4.28. The number of hydrogen-bond acceptors (Lipinski definition) is 4. The van der Waals surface area contributed by atoms with Gasteiger partial charge < -0.3 is 19.5 Å². The molecule has 0 aromatic heterocycles. The normalized spacial score (nSPS) is 35.0. The van der Waals surface area contributed by atoms with Crippen LogP contribution < -0.4 is 4.90 Å². The summed E-state index contributed by atoms with van der Waals surface area (Å²) in [5.74, 6) is 2.08. The van der Waals surface area contributed by atoms with Crippen molar-refractivity contribution >= 4 is 5.69 Å². The molecule has 1 aromatic carbocycles. The zero-order valence-electron chi connectivity index (χ0n) is 16.7. The zero-order valence-corrected chi connectivity index (χ0v) is 16.7. The highest BCUT2D eigenvalue weighted by molar-refractivity contribution is 5.45. The Bertz CT molecular complexity index is 550. The first kappa shape index (κ1) is 19.7. The van der Waals surface area contributed by atoms with Crippen molar-refractivity contribution in [1.29, 1.82) is 0 Å². The van der Waals surface area contributed by atoms with E-state index in [9.17, 15) is 5.11 Å². The third kappa shape index (κ3) is 4.79. The lowest BCUT2D eigenvalue weighted by Crippen LogP contribution is -2.40. The van der Waals surface area contributed by atoms with Crippen LogP contribution in [0.15, 0.2) is 30.3 Å². The summed E-state index contributed by atoms with van der Waals surface area (Å²) in [6.07, 6.45) is 3.46. The second-order valence-electron chi connectivity index (χ2n) is 8.67. The third-order valence-corrected chi connectivity index (χ3v) is 6.16. The number of para-hydroxylation sites is 1. The van der Waals surface area contributed by atoms with Crippen LogP contribution in [0.25, 0.3) is 0 Å². The van der Waals surface area contributed by atoms with Crippen LogP contribution in [0.4, 0.5) is 5.69 Å². The average Bonchev–Trinajstić information content (AvgIpc) is 2.94. The van der Waals surface area contributed by atoms with Crippen molar-refractivity contribution in [3.8, 4) is 0 Å². The number of benzene rings is 1. The van der Waals surface area contributed by atoms with Crippen molar-refractivity contribution in [1.82, 2.24) is 0 Å². The van der Waals surface area contributed by atoms with Crippen molar-refractivity contribution in [2.45, 2.75) is 65.1 Å². The molecule has 1 saturated heterocycles. The molecule has 1 heterocycles. The van der Waals surface area contributed by atoms with Crippen LogP contribution in [0.2, 0.25) is 0 Å². The van der Waals surface area contributed by atoms with Gasteiger partial charge >= 0.3 is 0 Å². The van der Waals surface area contributed by atoms with E-state index in [0.29, 0.717) is 24.2 Å². The molecular weight excluding hydrogens is 326 g/mol. The van der Waals surface area contributed by atoms with E-state index in [1.165, 1.54) is 18.5 Å². The number of anilines is 1. The van der Waals surface area contributed by atoms with Gasteiger partial charge in [0.15, 0.2) is 12.6 Å². The summed E-state index contributed by atoms with van der Waals surface area (Å²) in [4.78, 5) is 2.23. The zero-order chi connectivity index (χ0) is 18.7. The highest BCUT2D eigenvalue weighted by atomic mass is 16.7. The molecule has 1 aliphatic heterocycles. The minimum absolute atomic E-state index is 0.181. The van der Waals surface area contributed by atoms with Crippen LogP contribution in [0.1, 0.15) is 46.5 Å². The lowest BCUT2D eigenvalue weighted by molar-refractivity contribution is -0.228. The Kier molecular flexibility index (Phi) is 6.60. The van der Waals surface area contributed by atoms with Crippen molar-refractivity contribution in [3.05, 3.63) is 30.3 Å². The summed E-state index contributed by atoms with van der Waals surface area (Å²) >= 11 is 0. The van der Waals surface area contributed by atoms with Crippen LogP contribution in [0, 0.1) is 23.7 Å². The molecule has 1 aromatic rings. The highest BCUT2D eigenvalue weighted by Crippen LogP contribution is 2.38. The molecule has 146 valence electrons. The van der Waals surface area contributed by atoms with Crippen molar-refractivity contribution in [2.24, 2.45) is 23.7 Å². The summed E-state index contributed by atoms with van der Waals surface area (Å²) in [5, 5.41) is 10.1. The van der Waals surface area contributed by atoms with Crippen molar-refractivity contribution in [3.63, 3.8) is 0 Å². The van der Waals surface area contributed by atoms with Crippen LogP contribution in [0.3, 0.4) is 0 Å². The maximum Gasteiger partial charge on any atom is 0.165 e. The summed E-state index contributed by atoms with van der Waals surface area (Å²) in [6, 6.07) is 10.4. The van der Waals surface area contributed by atoms with Gasteiger partial charge in [-0.3, -0.25) is 0 Å². The topological polar surface area (TPSA) is 41.9 Å². The first-order valence-electron chi connectivity index (χ1n) is 10.2. The van der Waals surface area contributed by atoms with Gasteiger partial charge in [0.1, 0.15) is 0 Å². The van der Waals surface area contributed by atoms with E-state index in [1.807, 2.05) is 6.07 Å². The van der Waals surface area contributed by atoms with Gasteiger partial charge in [-0.2, -0.15) is 0 Å². The first-order valence-corrected chi connectivity index (χ1v) is 10.2. The molecule has 0 radical (unpaired) electrons. The molecule has 2 fully saturated rings. The largest absolute Gasteiger partial charge is 0.374 e. The molecule has 0 bridgehead atoms. The Labute approximate surface area is 158 Å². The van der Waals surface area contributed by atoms with E-state index in [4.69, 9.17) is 9.47 Å². The number of rotatable bonds is 6. The van der Waals surface area contributed by atoms with E-state index in [0.717, 1.165) is 13.0 Å². The van der Waals surface area contributed by atoms with Gasteiger partial charge in [-0.25, -0.2) is 0 Å². The smallest absolute Gasteiger partial charge is 0.165 e. The van der Waals surface area contributed by atoms with E-state index in [-0.39, 0.29) is 18.3 Å². The summed E-state index contributed by atoms with van der Waals surface area (Å²) in [7, 11) is 2.09. The molecule has 1 aliphatic carbocycles. The van der Waals surface area contributed by atoms with Crippen molar-refractivity contribution < 1.29 is 14.6 Å². The Morgan fingerprint density at radius 2 is 1.92 bits per heavy atom. The molecule has 6 atom stereocenters.